The lowest BCUT2D eigenvalue weighted by atomic mass is 10.1. The Balaban J connectivity index is 2.11. The van der Waals surface area contributed by atoms with Crippen LogP contribution in [0.2, 0.25) is 0 Å². The van der Waals surface area contributed by atoms with Crippen LogP contribution >= 0.6 is 0 Å². The second-order valence-corrected chi connectivity index (χ2v) is 7.02. The van der Waals surface area contributed by atoms with E-state index in [-0.39, 0.29) is 18.0 Å². The first kappa shape index (κ1) is 20.3. The molecule has 2 aromatic rings. The molecular weight excluding hydrogens is 340 g/mol. The molecule has 0 aliphatic heterocycles. The van der Waals surface area contributed by atoms with Gasteiger partial charge in [-0.15, -0.1) is 0 Å². The lowest BCUT2D eigenvalue weighted by Crippen LogP contribution is -2.35. The van der Waals surface area contributed by atoms with Crippen molar-refractivity contribution in [3.05, 3.63) is 59.7 Å². The van der Waals surface area contributed by atoms with Crippen LogP contribution in [-0.2, 0) is 6.54 Å². The number of hydrogen-bond acceptors (Lipinski definition) is 3. The molecule has 0 saturated heterocycles. The second kappa shape index (κ2) is 9.07. The summed E-state index contributed by atoms with van der Waals surface area (Å²) in [5.41, 5.74) is 3.11. The summed E-state index contributed by atoms with van der Waals surface area (Å²) in [6, 6.07) is 14.8. The number of nitrogens with one attached hydrogen (secondary N) is 2. The lowest BCUT2D eigenvalue weighted by molar-refractivity contribution is 0.0786. The minimum absolute atomic E-state index is 0.0145. The predicted octanol–water partition coefficient (Wildman–Crippen LogP) is 3.55. The van der Waals surface area contributed by atoms with E-state index in [1.165, 1.54) is 0 Å². The van der Waals surface area contributed by atoms with Gasteiger partial charge in [0.25, 0.3) is 5.91 Å². The molecule has 2 rings (SSSR count). The second-order valence-electron chi connectivity index (χ2n) is 7.02. The molecule has 2 aromatic carbocycles. The SMILES string of the molecule is CC(C)NC(=O)Nc1ccccc1C(=O)N(C)Cc1ccc(N(C)C)cc1. The molecule has 2 N–H and O–H groups in total. The summed E-state index contributed by atoms with van der Waals surface area (Å²) in [6.45, 7) is 4.25. The van der Waals surface area contributed by atoms with Crippen LogP contribution < -0.4 is 15.5 Å². The van der Waals surface area contributed by atoms with Crippen LogP contribution in [0.25, 0.3) is 0 Å². The molecular formula is C21H28N4O2. The van der Waals surface area contributed by atoms with Gasteiger partial charge in [0.05, 0.1) is 11.3 Å². The molecule has 0 fully saturated rings. The predicted molar refractivity (Wildman–Crippen MR) is 110 cm³/mol. The van der Waals surface area contributed by atoms with E-state index in [0.29, 0.717) is 17.8 Å². The first-order chi connectivity index (χ1) is 12.8. The molecule has 0 heterocycles. The maximum atomic E-state index is 12.9. The Morgan fingerprint density at radius 2 is 1.59 bits per heavy atom. The number of hydrogen-bond donors (Lipinski definition) is 2. The first-order valence-corrected chi connectivity index (χ1v) is 8.96. The van der Waals surface area contributed by atoms with Crippen molar-refractivity contribution in [1.29, 1.82) is 0 Å². The third kappa shape index (κ3) is 5.74. The van der Waals surface area contributed by atoms with E-state index in [1.54, 1.807) is 36.2 Å². The van der Waals surface area contributed by atoms with Gasteiger partial charge in [-0.3, -0.25) is 4.79 Å². The highest BCUT2D eigenvalue weighted by Gasteiger charge is 2.17. The minimum atomic E-state index is -0.327. The molecule has 0 radical (unpaired) electrons. The van der Waals surface area contributed by atoms with Crippen LogP contribution in [0, 0.1) is 0 Å². The number of rotatable bonds is 6. The third-order valence-corrected chi connectivity index (χ3v) is 4.04. The average Bonchev–Trinajstić information content (AvgIpc) is 2.61. The van der Waals surface area contributed by atoms with E-state index in [4.69, 9.17) is 0 Å². The maximum absolute atomic E-state index is 12.9. The molecule has 0 aromatic heterocycles. The van der Waals surface area contributed by atoms with E-state index in [9.17, 15) is 9.59 Å². The van der Waals surface area contributed by atoms with Crippen LogP contribution in [0.3, 0.4) is 0 Å². The highest BCUT2D eigenvalue weighted by molar-refractivity contribution is 6.03. The number of urea groups is 1. The molecule has 0 aliphatic rings. The minimum Gasteiger partial charge on any atom is -0.378 e. The monoisotopic (exact) mass is 368 g/mol. The quantitative estimate of drug-likeness (QED) is 0.819. The topological polar surface area (TPSA) is 64.7 Å². The van der Waals surface area contributed by atoms with Crippen molar-refractivity contribution >= 4 is 23.3 Å². The van der Waals surface area contributed by atoms with Gasteiger partial charge < -0.3 is 20.4 Å². The third-order valence-electron chi connectivity index (χ3n) is 4.04. The number of para-hydroxylation sites is 1. The van der Waals surface area contributed by atoms with Crippen molar-refractivity contribution in [3.8, 4) is 0 Å². The molecule has 3 amide bonds. The standard InChI is InChI=1S/C21H28N4O2/c1-15(2)22-21(27)23-19-9-7-6-8-18(19)20(26)25(5)14-16-10-12-17(13-11-16)24(3)4/h6-13,15H,14H2,1-5H3,(H2,22,23,27). The number of benzene rings is 2. The fourth-order valence-electron chi connectivity index (χ4n) is 2.65. The summed E-state index contributed by atoms with van der Waals surface area (Å²) in [5, 5.41) is 5.52. The molecule has 0 bridgehead atoms. The molecule has 0 aliphatic carbocycles. The summed E-state index contributed by atoms with van der Waals surface area (Å²) in [7, 11) is 5.74. The molecule has 0 unspecified atom stereocenters. The average molecular weight is 368 g/mol. The van der Waals surface area contributed by atoms with Gasteiger partial charge in [-0.1, -0.05) is 24.3 Å². The normalized spacial score (nSPS) is 10.4. The van der Waals surface area contributed by atoms with Crippen molar-refractivity contribution < 1.29 is 9.59 Å². The summed E-state index contributed by atoms with van der Waals surface area (Å²) in [5.74, 6) is -0.146. The molecule has 6 heteroatoms. The van der Waals surface area contributed by atoms with Gasteiger partial charge in [0.15, 0.2) is 0 Å². The summed E-state index contributed by atoms with van der Waals surface area (Å²) >= 11 is 0. The van der Waals surface area contributed by atoms with E-state index in [2.05, 4.69) is 10.6 Å². The van der Waals surface area contributed by atoms with Gasteiger partial charge in [0, 0.05) is 39.4 Å². The largest absolute Gasteiger partial charge is 0.378 e. The summed E-state index contributed by atoms with van der Waals surface area (Å²) in [4.78, 5) is 28.6. The van der Waals surface area contributed by atoms with Gasteiger partial charge in [-0.2, -0.15) is 0 Å². The van der Waals surface area contributed by atoms with E-state index in [0.717, 1.165) is 11.3 Å². The fraction of sp³-hybridized carbons (Fsp3) is 0.333. The lowest BCUT2D eigenvalue weighted by Gasteiger charge is -2.20. The zero-order valence-corrected chi connectivity index (χ0v) is 16.6. The number of amides is 3. The van der Waals surface area contributed by atoms with E-state index in [1.807, 2.05) is 57.1 Å². The maximum Gasteiger partial charge on any atom is 0.319 e. The Labute approximate surface area is 161 Å². The zero-order valence-electron chi connectivity index (χ0n) is 16.6. The van der Waals surface area contributed by atoms with Crippen molar-refractivity contribution in [1.82, 2.24) is 10.2 Å². The van der Waals surface area contributed by atoms with Gasteiger partial charge in [0.1, 0.15) is 0 Å². The highest BCUT2D eigenvalue weighted by Crippen LogP contribution is 2.19. The van der Waals surface area contributed by atoms with Crippen LogP contribution in [-0.4, -0.2) is 44.0 Å². The summed E-state index contributed by atoms with van der Waals surface area (Å²) in [6.07, 6.45) is 0. The Hall–Kier alpha value is -3.02. The fourth-order valence-corrected chi connectivity index (χ4v) is 2.65. The number of carbonyl (C=O) groups is 2. The Morgan fingerprint density at radius 3 is 2.19 bits per heavy atom. The molecule has 6 nitrogen and oxygen atoms in total. The molecule has 0 saturated carbocycles. The molecule has 0 atom stereocenters. The highest BCUT2D eigenvalue weighted by atomic mass is 16.2. The zero-order chi connectivity index (χ0) is 20.0. The van der Waals surface area contributed by atoms with Gasteiger partial charge >= 0.3 is 6.03 Å². The van der Waals surface area contributed by atoms with Crippen LogP contribution in [0.1, 0.15) is 29.8 Å². The van der Waals surface area contributed by atoms with Crippen LogP contribution in [0.15, 0.2) is 48.5 Å². The van der Waals surface area contributed by atoms with Gasteiger partial charge in [-0.25, -0.2) is 4.79 Å². The molecule has 0 spiro atoms. The van der Waals surface area contributed by atoms with Crippen molar-refractivity contribution in [2.75, 3.05) is 31.4 Å². The van der Waals surface area contributed by atoms with Gasteiger partial charge in [0.2, 0.25) is 0 Å². The Kier molecular flexibility index (Phi) is 6.82. The van der Waals surface area contributed by atoms with Crippen molar-refractivity contribution in [2.45, 2.75) is 26.4 Å². The van der Waals surface area contributed by atoms with Gasteiger partial charge in [-0.05, 0) is 43.7 Å². The number of carbonyl (C=O) groups excluding carboxylic acids is 2. The first-order valence-electron chi connectivity index (χ1n) is 8.96. The van der Waals surface area contributed by atoms with Crippen molar-refractivity contribution in [2.24, 2.45) is 0 Å². The van der Waals surface area contributed by atoms with Crippen LogP contribution in [0.5, 0.6) is 0 Å². The van der Waals surface area contributed by atoms with E-state index < -0.39 is 0 Å². The van der Waals surface area contributed by atoms with Crippen LogP contribution in [0.4, 0.5) is 16.2 Å². The van der Waals surface area contributed by atoms with Crippen molar-refractivity contribution in [3.63, 3.8) is 0 Å². The number of nitrogens with zero attached hydrogens (tertiary/aromatic N) is 2. The summed E-state index contributed by atoms with van der Waals surface area (Å²) < 4.78 is 0. The number of anilines is 2. The smallest absolute Gasteiger partial charge is 0.319 e. The Morgan fingerprint density at radius 1 is 0.963 bits per heavy atom. The molecule has 27 heavy (non-hydrogen) atoms. The molecule has 144 valence electrons. The van der Waals surface area contributed by atoms with E-state index >= 15 is 0 Å². The Bertz CT molecular complexity index is 785.